The number of hydrogen-bond acceptors (Lipinski definition) is 7. The van der Waals surface area contributed by atoms with Gasteiger partial charge in [0.2, 0.25) is 0 Å². The number of esters is 1. The Hall–Kier alpha value is -2.94. The van der Waals surface area contributed by atoms with Crippen LogP contribution in [0.25, 0.3) is 0 Å². The minimum Gasteiger partial charge on any atom is -0.458 e. The molecule has 1 unspecified atom stereocenters. The predicted octanol–water partition coefficient (Wildman–Crippen LogP) is 0.746. The highest BCUT2D eigenvalue weighted by Crippen LogP contribution is 2.10. The fraction of sp³-hybridized carbons (Fsp3) is 0.286. The van der Waals surface area contributed by atoms with Crippen molar-refractivity contribution >= 4 is 11.9 Å². The molecule has 0 aliphatic heterocycles. The summed E-state index contributed by atoms with van der Waals surface area (Å²) in [5, 5.41) is 20.1. The fourth-order valence-corrected chi connectivity index (χ4v) is 1.77. The molecule has 0 radical (unpaired) electrons. The van der Waals surface area contributed by atoms with Crippen LogP contribution in [0, 0.1) is 17.0 Å². The third kappa shape index (κ3) is 4.27. The number of ether oxygens (including phenoxy) is 1. The van der Waals surface area contributed by atoms with Crippen molar-refractivity contribution in [3.05, 3.63) is 57.9 Å². The van der Waals surface area contributed by atoms with Crippen molar-refractivity contribution in [3.63, 3.8) is 0 Å². The Morgan fingerprint density at radius 3 is 2.74 bits per heavy atom. The summed E-state index contributed by atoms with van der Waals surface area (Å²) in [5.74, 6) is -1.10. The van der Waals surface area contributed by atoms with Crippen LogP contribution in [-0.2, 0) is 4.74 Å². The molecule has 0 aliphatic carbocycles. The number of carbonyl (C=O) groups excluding carboxylic acids is 1. The quantitative estimate of drug-likeness (QED) is 0.454. The SMILES string of the molecule is Cc1cn(OC(CO)COC(=O)c2ccccc2)c([N+](=O)[O-])n1. The van der Waals surface area contributed by atoms with Crippen LogP contribution in [-0.4, -0.2) is 45.0 Å². The van der Waals surface area contributed by atoms with Crippen LogP contribution in [0.4, 0.5) is 5.95 Å². The molecule has 0 saturated carbocycles. The Kier molecular flexibility index (Phi) is 5.26. The van der Waals surface area contributed by atoms with Crippen molar-refractivity contribution in [1.82, 2.24) is 9.71 Å². The molecule has 0 bridgehead atoms. The maximum atomic E-state index is 11.8. The lowest BCUT2D eigenvalue weighted by atomic mass is 10.2. The smallest absolute Gasteiger partial charge is 0.458 e. The van der Waals surface area contributed by atoms with Crippen LogP contribution in [0.3, 0.4) is 0 Å². The predicted molar refractivity (Wildman–Crippen MR) is 77.8 cm³/mol. The molecule has 1 atom stereocenters. The zero-order valence-electron chi connectivity index (χ0n) is 12.3. The Labute approximate surface area is 131 Å². The molecule has 2 rings (SSSR count). The molecule has 0 spiro atoms. The molecule has 0 fully saturated rings. The number of aromatic nitrogens is 2. The highest BCUT2D eigenvalue weighted by Gasteiger charge is 2.23. The molecular weight excluding hydrogens is 306 g/mol. The molecular formula is C14H15N3O6. The normalized spacial score (nSPS) is 11.7. The zero-order valence-corrected chi connectivity index (χ0v) is 12.3. The number of nitro groups is 1. The van der Waals surface area contributed by atoms with Crippen molar-refractivity contribution in [1.29, 1.82) is 0 Å². The van der Waals surface area contributed by atoms with Gasteiger partial charge in [-0.3, -0.25) is 0 Å². The molecule has 23 heavy (non-hydrogen) atoms. The van der Waals surface area contributed by atoms with Gasteiger partial charge in [0.15, 0.2) is 11.8 Å². The largest absolute Gasteiger partial charge is 0.471 e. The van der Waals surface area contributed by atoms with Crippen molar-refractivity contribution in [2.75, 3.05) is 13.2 Å². The Balaban J connectivity index is 1.98. The first-order valence-corrected chi connectivity index (χ1v) is 6.72. The minimum absolute atomic E-state index is 0.265. The van der Waals surface area contributed by atoms with Gasteiger partial charge in [-0.25, -0.2) is 4.79 Å². The minimum atomic E-state index is -0.963. The molecule has 0 saturated heterocycles. The summed E-state index contributed by atoms with van der Waals surface area (Å²) in [6, 6.07) is 8.31. The van der Waals surface area contributed by atoms with E-state index in [2.05, 4.69) is 4.98 Å². The number of aliphatic hydroxyl groups is 1. The van der Waals surface area contributed by atoms with Gasteiger partial charge in [0.25, 0.3) is 0 Å². The van der Waals surface area contributed by atoms with Gasteiger partial charge < -0.3 is 24.8 Å². The third-order valence-corrected chi connectivity index (χ3v) is 2.82. The number of imidazole rings is 1. The summed E-state index contributed by atoms with van der Waals surface area (Å²) >= 11 is 0. The van der Waals surface area contributed by atoms with Crippen molar-refractivity contribution < 1.29 is 24.4 Å². The standard InChI is InChI=1S/C14H15N3O6/c1-10-7-16(14(15-10)17(20)21)23-12(8-18)9-22-13(19)11-5-3-2-4-6-11/h2-7,12,18H,8-9H2,1H3. The summed E-state index contributed by atoms with van der Waals surface area (Å²) in [5.41, 5.74) is 0.739. The number of rotatable bonds is 7. The maximum absolute atomic E-state index is 11.8. The van der Waals surface area contributed by atoms with E-state index in [9.17, 15) is 20.0 Å². The molecule has 0 amide bonds. The second-order valence-corrected chi connectivity index (χ2v) is 4.64. The van der Waals surface area contributed by atoms with Crippen molar-refractivity contribution in [3.8, 4) is 0 Å². The molecule has 1 aromatic heterocycles. The number of benzene rings is 1. The summed E-state index contributed by atoms with van der Waals surface area (Å²) < 4.78 is 5.87. The summed E-state index contributed by atoms with van der Waals surface area (Å²) in [4.78, 5) is 30.9. The van der Waals surface area contributed by atoms with E-state index in [0.29, 0.717) is 11.3 Å². The van der Waals surface area contributed by atoms with E-state index < -0.39 is 29.6 Å². The first-order chi connectivity index (χ1) is 11.0. The molecule has 1 heterocycles. The highest BCUT2D eigenvalue weighted by atomic mass is 16.7. The van der Waals surface area contributed by atoms with Crippen molar-refractivity contribution in [2.45, 2.75) is 13.0 Å². The number of carbonyl (C=O) groups is 1. The molecule has 9 heteroatoms. The van der Waals surface area contributed by atoms with Crippen LogP contribution in [0.1, 0.15) is 16.1 Å². The lowest BCUT2D eigenvalue weighted by molar-refractivity contribution is -0.402. The van der Waals surface area contributed by atoms with Gasteiger partial charge in [-0.2, -0.15) is 0 Å². The van der Waals surface area contributed by atoms with Gasteiger partial charge in [0, 0.05) is 0 Å². The summed E-state index contributed by atoms with van der Waals surface area (Å²) in [6.07, 6.45) is 0.342. The average molecular weight is 321 g/mol. The summed E-state index contributed by atoms with van der Waals surface area (Å²) in [6.45, 7) is 0.811. The van der Waals surface area contributed by atoms with E-state index >= 15 is 0 Å². The van der Waals surface area contributed by atoms with Crippen molar-refractivity contribution in [2.24, 2.45) is 0 Å². The van der Waals surface area contributed by atoms with E-state index in [1.807, 2.05) is 0 Å². The van der Waals surface area contributed by atoms with E-state index in [1.54, 1.807) is 37.3 Å². The number of aliphatic hydroxyl groups excluding tert-OH is 1. The van der Waals surface area contributed by atoms with Gasteiger partial charge in [0.1, 0.15) is 12.8 Å². The van der Waals surface area contributed by atoms with Crippen LogP contribution >= 0.6 is 0 Å². The lowest BCUT2D eigenvalue weighted by Crippen LogP contribution is -2.34. The average Bonchev–Trinajstić information content (AvgIpc) is 2.92. The number of aryl methyl sites for hydroxylation is 1. The van der Waals surface area contributed by atoms with Crippen LogP contribution in [0.2, 0.25) is 0 Å². The lowest BCUT2D eigenvalue weighted by Gasteiger charge is -2.14. The molecule has 0 aliphatic rings. The molecule has 9 nitrogen and oxygen atoms in total. The van der Waals surface area contributed by atoms with E-state index in [-0.39, 0.29) is 6.61 Å². The van der Waals surface area contributed by atoms with E-state index in [4.69, 9.17) is 9.57 Å². The Bertz CT molecular complexity index is 685. The van der Waals surface area contributed by atoms with Gasteiger partial charge in [0.05, 0.1) is 12.2 Å². The van der Waals surface area contributed by atoms with E-state index in [1.165, 1.54) is 6.20 Å². The monoisotopic (exact) mass is 321 g/mol. The molecule has 1 N–H and O–H groups in total. The number of hydrogen-bond donors (Lipinski definition) is 1. The highest BCUT2D eigenvalue weighted by molar-refractivity contribution is 5.89. The zero-order chi connectivity index (χ0) is 16.8. The topological polar surface area (TPSA) is 117 Å². The molecule has 122 valence electrons. The molecule has 1 aromatic carbocycles. The third-order valence-electron chi connectivity index (χ3n) is 2.82. The summed E-state index contributed by atoms with van der Waals surface area (Å²) in [7, 11) is 0. The van der Waals surface area contributed by atoms with Gasteiger partial charge in [-0.15, -0.1) is 0 Å². The van der Waals surface area contributed by atoms with Crippen LogP contribution in [0.5, 0.6) is 0 Å². The first-order valence-electron chi connectivity index (χ1n) is 6.72. The van der Waals surface area contributed by atoms with Gasteiger partial charge in [-0.05, 0) is 24.0 Å². The molecule has 2 aromatic rings. The maximum Gasteiger partial charge on any atom is 0.471 e. The fourth-order valence-electron chi connectivity index (χ4n) is 1.77. The number of nitrogens with zero attached hydrogens (tertiary/aromatic N) is 3. The van der Waals surface area contributed by atoms with Crippen LogP contribution in [0.15, 0.2) is 36.5 Å². The van der Waals surface area contributed by atoms with E-state index in [0.717, 1.165) is 4.73 Å². The Morgan fingerprint density at radius 2 is 2.13 bits per heavy atom. The van der Waals surface area contributed by atoms with Gasteiger partial charge in [-0.1, -0.05) is 27.9 Å². The van der Waals surface area contributed by atoms with Gasteiger partial charge >= 0.3 is 11.9 Å². The second-order valence-electron chi connectivity index (χ2n) is 4.64. The second kappa shape index (κ2) is 7.36. The first kappa shape index (κ1) is 16.4. The van der Waals surface area contributed by atoms with Crippen LogP contribution < -0.4 is 4.84 Å². The Morgan fingerprint density at radius 1 is 1.43 bits per heavy atom.